The molecule has 1 aliphatic rings. The Bertz CT molecular complexity index is 900. The molecule has 1 saturated heterocycles. The van der Waals surface area contributed by atoms with E-state index in [9.17, 15) is 4.79 Å². The molecule has 26 heavy (non-hydrogen) atoms. The quantitative estimate of drug-likeness (QED) is 0.694. The van der Waals surface area contributed by atoms with Gasteiger partial charge in [0.25, 0.3) is 5.91 Å². The van der Waals surface area contributed by atoms with Crippen molar-refractivity contribution in [3.63, 3.8) is 0 Å². The number of likely N-dealkylation sites (tertiary alicyclic amines) is 1. The van der Waals surface area contributed by atoms with Crippen LogP contribution in [0.4, 0.5) is 0 Å². The Morgan fingerprint density at radius 1 is 1.42 bits per heavy atom. The van der Waals surface area contributed by atoms with Crippen molar-refractivity contribution in [1.82, 2.24) is 20.3 Å². The van der Waals surface area contributed by atoms with Crippen molar-refractivity contribution in [3.05, 3.63) is 39.7 Å². The lowest BCUT2D eigenvalue weighted by atomic mass is 9.97. The average Bonchev–Trinajstić information content (AvgIpc) is 3.41. The lowest BCUT2D eigenvalue weighted by Crippen LogP contribution is -2.39. The summed E-state index contributed by atoms with van der Waals surface area (Å²) in [5.41, 5.74) is 2.25. The van der Waals surface area contributed by atoms with E-state index in [-0.39, 0.29) is 11.8 Å². The van der Waals surface area contributed by atoms with Crippen molar-refractivity contribution < 1.29 is 13.7 Å². The van der Waals surface area contributed by atoms with Gasteiger partial charge < -0.3 is 13.8 Å². The fourth-order valence-electron chi connectivity index (χ4n) is 3.36. The molecule has 0 aromatic carbocycles. The number of carbonyl (C=O) groups excluding carboxylic acids is 1. The molecule has 1 amide bonds. The van der Waals surface area contributed by atoms with Crippen LogP contribution in [0, 0.1) is 6.92 Å². The fourth-order valence-corrected chi connectivity index (χ4v) is 3.99. The first kappa shape index (κ1) is 17.0. The third-order valence-electron chi connectivity index (χ3n) is 4.75. The number of hydrogen-bond donors (Lipinski definition) is 0. The third-order valence-corrected chi connectivity index (χ3v) is 5.43. The zero-order valence-corrected chi connectivity index (χ0v) is 15.6. The maximum absolute atomic E-state index is 13.0. The highest BCUT2D eigenvalue weighted by molar-refractivity contribution is 7.08. The number of aryl methyl sites for hydroxylation is 2. The van der Waals surface area contributed by atoms with Crippen LogP contribution in [-0.2, 0) is 6.42 Å². The zero-order valence-electron chi connectivity index (χ0n) is 14.8. The molecular formula is C18H20N4O3S. The first-order valence-corrected chi connectivity index (χ1v) is 9.72. The van der Waals surface area contributed by atoms with Gasteiger partial charge in [0, 0.05) is 24.0 Å². The molecule has 3 aromatic heterocycles. The molecule has 1 aliphatic heterocycles. The minimum atomic E-state index is -0.0251. The highest BCUT2D eigenvalue weighted by atomic mass is 32.1. The van der Waals surface area contributed by atoms with E-state index in [0.717, 1.165) is 18.4 Å². The van der Waals surface area contributed by atoms with Gasteiger partial charge in [0.15, 0.2) is 0 Å². The molecule has 0 spiro atoms. The van der Waals surface area contributed by atoms with E-state index in [1.54, 1.807) is 18.3 Å². The average molecular weight is 372 g/mol. The van der Waals surface area contributed by atoms with Gasteiger partial charge in [-0.05, 0) is 37.6 Å². The number of nitrogens with zero attached hydrogens (tertiary/aromatic N) is 4. The van der Waals surface area contributed by atoms with Gasteiger partial charge >= 0.3 is 0 Å². The van der Waals surface area contributed by atoms with Crippen molar-refractivity contribution in [2.24, 2.45) is 0 Å². The van der Waals surface area contributed by atoms with E-state index in [1.165, 1.54) is 0 Å². The lowest BCUT2D eigenvalue weighted by molar-refractivity contribution is 0.0695. The molecule has 136 valence electrons. The third kappa shape index (κ3) is 3.05. The molecule has 0 unspecified atom stereocenters. The number of amides is 1. The minimum Gasteiger partial charge on any atom is -0.420 e. The molecule has 8 heteroatoms. The number of aromatic nitrogens is 3. The maximum atomic E-state index is 13.0. The first-order chi connectivity index (χ1) is 12.7. The lowest BCUT2D eigenvalue weighted by Gasteiger charge is -2.31. The Balaban J connectivity index is 1.53. The van der Waals surface area contributed by atoms with Gasteiger partial charge in [-0.2, -0.15) is 11.3 Å². The van der Waals surface area contributed by atoms with Gasteiger partial charge in [-0.1, -0.05) is 12.1 Å². The molecule has 4 heterocycles. The van der Waals surface area contributed by atoms with E-state index in [1.807, 2.05) is 28.7 Å². The smallest absolute Gasteiger partial charge is 0.259 e. The Kier molecular flexibility index (Phi) is 4.58. The largest absolute Gasteiger partial charge is 0.420 e. The first-order valence-electron chi connectivity index (χ1n) is 8.77. The Morgan fingerprint density at radius 2 is 2.31 bits per heavy atom. The minimum absolute atomic E-state index is 0.0251. The normalized spacial score (nSPS) is 17.6. The van der Waals surface area contributed by atoms with Crippen molar-refractivity contribution >= 4 is 17.2 Å². The highest BCUT2D eigenvalue weighted by Gasteiger charge is 2.31. The van der Waals surface area contributed by atoms with Crippen LogP contribution in [0.3, 0.4) is 0 Å². The standard InChI is InChI=1S/C18H20N4O3S/c1-3-14-15(11(2)25-21-14)18(23)22-7-4-5-12(9-22)16-19-20-17(24-16)13-6-8-26-10-13/h6,8,10,12H,3-5,7,9H2,1-2H3/t12-/m0/s1. The van der Waals surface area contributed by atoms with E-state index in [2.05, 4.69) is 15.4 Å². The Labute approximate surface area is 155 Å². The van der Waals surface area contributed by atoms with Gasteiger partial charge in [0.2, 0.25) is 11.8 Å². The summed E-state index contributed by atoms with van der Waals surface area (Å²) >= 11 is 1.59. The summed E-state index contributed by atoms with van der Waals surface area (Å²) in [5, 5.41) is 16.3. The van der Waals surface area contributed by atoms with Crippen LogP contribution >= 0.6 is 11.3 Å². The summed E-state index contributed by atoms with van der Waals surface area (Å²) in [6, 6.07) is 1.96. The summed E-state index contributed by atoms with van der Waals surface area (Å²) in [6.07, 6.45) is 2.50. The summed E-state index contributed by atoms with van der Waals surface area (Å²) in [5.74, 6) is 1.74. The maximum Gasteiger partial charge on any atom is 0.259 e. The predicted molar refractivity (Wildman–Crippen MR) is 96.1 cm³/mol. The van der Waals surface area contributed by atoms with Crippen molar-refractivity contribution in [3.8, 4) is 11.5 Å². The molecule has 1 fully saturated rings. The van der Waals surface area contributed by atoms with E-state index in [4.69, 9.17) is 8.94 Å². The number of piperidine rings is 1. The molecule has 3 aromatic rings. The molecule has 0 radical (unpaired) electrons. The van der Waals surface area contributed by atoms with Crippen molar-refractivity contribution in [1.29, 1.82) is 0 Å². The van der Waals surface area contributed by atoms with Gasteiger partial charge in [-0.3, -0.25) is 4.79 Å². The summed E-state index contributed by atoms with van der Waals surface area (Å²) in [4.78, 5) is 14.8. The fraction of sp³-hybridized carbons (Fsp3) is 0.444. The molecule has 4 rings (SSSR count). The monoisotopic (exact) mass is 372 g/mol. The second-order valence-corrected chi connectivity index (χ2v) is 7.24. The second kappa shape index (κ2) is 7.03. The Morgan fingerprint density at radius 3 is 3.08 bits per heavy atom. The van der Waals surface area contributed by atoms with E-state index >= 15 is 0 Å². The van der Waals surface area contributed by atoms with Crippen LogP contribution in [0.5, 0.6) is 0 Å². The SMILES string of the molecule is CCc1noc(C)c1C(=O)N1CCC[C@H](c2nnc(-c3ccsc3)o2)C1. The Hall–Kier alpha value is -2.48. The van der Waals surface area contributed by atoms with Crippen molar-refractivity contribution in [2.75, 3.05) is 13.1 Å². The van der Waals surface area contributed by atoms with Crippen LogP contribution in [-0.4, -0.2) is 39.3 Å². The van der Waals surface area contributed by atoms with Crippen LogP contribution in [0.15, 0.2) is 25.8 Å². The topological polar surface area (TPSA) is 85.3 Å². The van der Waals surface area contributed by atoms with E-state index in [0.29, 0.717) is 48.3 Å². The molecule has 7 nitrogen and oxygen atoms in total. The molecule has 1 atom stereocenters. The molecule has 0 aliphatic carbocycles. The van der Waals surface area contributed by atoms with Gasteiger partial charge in [0.05, 0.1) is 11.6 Å². The van der Waals surface area contributed by atoms with Gasteiger partial charge in [0.1, 0.15) is 11.3 Å². The van der Waals surface area contributed by atoms with Gasteiger partial charge in [-0.15, -0.1) is 10.2 Å². The zero-order chi connectivity index (χ0) is 18.1. The highest BCUT2D eigenvalue weighted by Crippen LogP contribution is 2.30. The molecule has 0 saturated carbocycles. The summed E-state index contributed by atoms with van der Waals surface area (Å²) in [7, 11) is 0. The second-order valence-electron chi connectivity index (χ2n) is 6.46. The number of carbonyl (C=O) groups is 1. The number of rotatable bonds is 4. The summed E-state index contributed by atoms with van der Waals surface area (Å²) in [6.45, 7) is 5.04. The number of hydrogen-bond acceptors (Lipinski definition) is 7. The predicted octanol–water partition coefficient (Wildman–Crippen LogP) is 3.68. The molecule has 0 N–H and O–H groups in total. The van der Waals surface area contributed by atoms with E-state index < -0.39 is 0 Å². The van der Waals surface area contributed by atoms with Crippen LogP contribution in [0.25, 0.3) is 11.5 Å². The molecule has 0 bridgehead atoms. The van der Waals surface area contributed by atoms with Crippen LogP contribution < -0.4 is 0 Å². The van der Waals surface area contributed by atoms with Crippen LogP contribution in [0.2, 0.25) is 0 Å². The van der Waals surface area contributed by atoms with Crippen LogP contribution in [0.1, 0.15) is 53.4 Å². The van der Waals surface area contributed by atoms with Crippen molar-refractivity contribution in [2.45, 2.75) is 39.0 Å². The number of thiophene rings is 1. The molecular weight excluding hydrogens is 352 g/mol. The van der Waals surface area contributed by atoms with Gasteiger partial charge in [-0.25, -0.2) is 0 Å². The summed E-state index contributed by atoms with van der Waals surface area (Å²) < 4.78 is 11.1.